The second-order valence-electron chi connectivity index (χ2n) is 7.28. The third-order valence-electron chi connectivity index (χ3n) is 5.11. The summed E-state index contributed by atoms with van der Waals surface area (Å²) in [4.78, 5) is 16.3. The molecule has 0 amide bonds. The molecule has 0 aliphatic carbocycles. The van der Waals surface area contributed by atoms with Gasteiger partial charge in [0.15, 0.2) is 0 Å². The Balaban J connectivity index is 1.82. The zero-order valence-corrected chi connectivity index (χ0v) is 22.0. The van der Waals surface area contributed by atoms with Gasteiger partial charge in [-0.3, -0.25) is 4.99 Å². The third kappa shape index (κ3) is 7.88. The number of esters is 1. The molecule has 0 bridgehead atoms. The smallest absolute Gasteiger partial charge is 0.338 e. The van der Waals surface area contributed by atoms with Gasteiger partial charge in [-0.15, -0.1) is 0 Å². The predicted molar refractivity (Wildman–Crippen MR) is 138 cm³/mol. The molecule has 168 valence electrons. The van der Waals surface area contributed by atoms with Crippen molar-refractivity contribution in [3.63, 3.8) is 0 Å². The molecule has 2 aromatic rings. The van der Waals surface area contributed by atoms with Crippen LogP contribution in [0.1, 0.15) is 41.3 Å². The lowest BCUT2D eigenvalue weighted by atomic mass is 9.89. The van der Waals surface area contributed by atoms with Crippen molar-refractivity contribution in [2.24, 2.45) is 4.99 Å². The summed E-state index contributed by atoms with van der Waals surface area (Å²) in [5, 5.41) is 3.24. The summed E-state index contributed by atoms with van der Waals surface area (Å²) in [5.74, 6) is 0.512. The highest BCUT2D eigenvalue weighted by atomic mass is 127. The zero-order chi connectivity index (χ0) is 22.7. The Kier molecular flexibility index (Phi) is 11.0. The number of halogens is 2. The maximum atomic E-state index is 12.0. The first-order valence-corrected chi connectivity index (χ1v) is 12.6. The number of rotatable bonds is 11. The molecule has 7 heteroatoms. The molecule has 0 aliphatic rings. The highest BCUT2D eigenvalue weighted by Crippen LogP contribution is 2.35. The standard InChI is InChI=1S/C24H30BrIN2O3/c1-18-20(10-7-11-21(18)25)24(2,13-14-26)31-16-12-22(27-3)28-15-17-30-23(29)19-8-5-4-6-9-19/h4-11H,12-17H2,1-3H3,(H,27,28). The molecular formula is C24H30BrIN2O3. The molecular weight excluding hydrogens is 571 g/mol. The van der Waals surface area contributed by atoms with Crippen LogP contribution < -0.4 is 5.32 Å². The number of carbonyl (C=O) groups excluding carboxylic acids is 1. The Morgan fingerprint density at radius 2 is 1.90 bits per heavy atom. The highest BCUT2D eigenvalue weighted by Gasteiger charge is 2.29. The van der Waals surface area contributed by atoms with Crippen LogP contribution in [0.3, 0.4) is 0 Å². The Bertz CT molecular complexity index is 876. The predicted octanol–water partition coefficient (Wildman–Crippen LogP) is 5.68. The molecule has 5 nitrogen and oxygen atoms in total. The minimum Gasteiger partial charge on any atom is -0.460 e. The van der Waals surface area contributed by atoms with E-state index in [1.165, 1.54) is 11.1 Å². The molecule has 0 aliphatic heterocycles. The molecule has 1 N–H and O–H groups in total. The molecule has 0 spiro atoms. The molecule has 0 aromatic heterocycles. The third-order valence-corrected chi connectivity index (χ3v) is 6.51. The van der Waals surface area contributed by atoms with Crippen LogP contribution in [-0.2, 0) is 15.1 Å². The Hall–Kier alpha value is -1.45. The van der Waals surface area contributed by atoms with Crippen molar-refractivity contribution in [1.29, 1.82) is 0 Å². The summed E-state index contributed by atoms with van der Waals surface area (Å²) in [7, 11) is 1.75. The van der Waals surface area contributed by atoms with Gasteiger partial charge in [0.1, 0.15) is 6.61 Å². The van der Waals surface area contributed by atoms with Crippen molar-refractivity contribution >= 4 is 50.3 Å². The topological polar surface area (TPSA) is 59.9 Å². The van der Waals surface area contributed by atoms with Crippen LogP contribution in [0, 0.1) is 6.92 Å². The fourth-order valence-corrected chi connectivity index (χ4v) is 4.69. The van der Waals surface area contributed by atoms with Gasteiger partial charge in [0.2, 0.25) is 0 Å². The van der Waals surface area contributed by atoms with Crippen LogP contribution in [-0.4, -0.2) is 43.0 Å². The fraction of sp³-hybridized carbons (Fsp3) is 0.417. The summed E-state index contributed by atoms with van der Waals surface area (Å²) in [6.07, 6.45) is 1.58. The van der Waals surface area contributed by atoms with E-state index in [9.17, 15) is 4.79 Å². The first kappa shape index (κ1) is 25.8. The van der Waals surface area contributed by atoms with Crippen molar-refractivity contribution in [3.8, 4) is 0 Å². The van der Waals surface area contributed by atoms with Gasteiger partial charge in [-0.2, -0.15) is 0 Å². The summed E-state index contributed by atoms with van der Waals surface area (Å²) in [6.45, 7) is 5.59. The van der Waals surface area contributed by atoms with E-state index < -0.39 is 0 Å². The maximum absolute atomic E-state index is 12.0. The summed E-state index contributed by atoms with van der Waals surface area (Å²) < 4.78 is 13.8. The summed E-state index contributed by atoms with van der Waals surface area (Å²) >= 11 is 6.03. The van der Waals surface area contributed by atoms with Gasteiger partial charge in [0.05, 0.1) is 30.2 Å². The number of hydrogen-bond donors (Lipinski definition) is 1. The van der Waals surface area contributed by atoms with Crippen molar-refractivity contribution in [1.82, 2.24) is 5.32 Å². The van der Waals surface area contributed by atoms with Crippen LogP contribution in [0.4, 0.5) is 0 Å². The van der Waals surface area contributed by atoms with Crippen molar-refractivity contribution in [2.45, 2.75) is 32.3 Å². The van der Waals surface area contributed by atoms with E-state index in [0.717, 1.165) is 21.2 Å². The second kappa shape index (κ2) is 13.2. The van der Waals surface area contributed by atoms with Gasteiger partial charge < -0.3 is 14.8 Å². The minimum absolute atomic E-state index is 0.275. The molecule has 0 saturated carbocycles. The fourth-order valence-electron chi connectivity index (χ4n) is 3.29. The number of amidine groups is 1. The highest BCUT2D eigenvalue weighted by molar-refractivity contribution is 14.1. The second-order valence-corrected chi connectivity index (χ2v) is 9.21. The van der Waals surface area contributed by atoms with Gasteiger partial charge >= 0.3 is 5.97 Å². The average molecular weight is 601 g/mol. The molecule has 0 heterocycles. The molecule has 0 fully saturated rings. The number of alkyl halides is 1. The number of aliphatic imine (C=N–C) groups is 1. The quantitative estimate of drug-likeness (QED) is 0.0900. The molecule has 31 heavy (non-hydrogen) atoms. The van der Waals surface area contributed by atoms with Crippen molar-refractivity contribution < 1.29 is 14.3 Å². The lowest BCUT2D eigenvalue weighted by Gasteiger charge is -2.32. The molecule has 1 atom stereocenters. The average Bonchev–Trinajstić information content (AvgIpc) is 2.77. The summed E-state index contributed by atoms with van der Waals surface area (Å²) in [6, 6.07) is 15.2. The number of nitrogens with one attached hydrogen (secondary N) is 1. The Labute approximate surface area is 207 Å². The lowest BCUT2D eigenvalue weighted by Crippen LogP contribution is -2.32. The first-order valence-electron chi connectivity index (χ1n) is 10.3. The van der Waals surface area contributed by atoms with Gasteiger partial charge in [0.25, 0.3) is 0 Å². The molecule has 0 radical (unpaired) electrons. The van der Waals surface area contributed by atoms with Gasteiger partial charge in [-0.25, -0.2) is 4.79 Å². The van der Waals surface area contributed by atoms with Crippen molar-refractivity contribution in [2.75, 3.05) is 31.2 Å². The Morgan fingerprint density at radius 1 is 1.16 bits per heavy atom. The monoisotopic (exact) mass is 600 g/mol. The van der Waals surface area contributed by atoms with Crippen LogP contribution in [0.2, 0.25) is 0 Å². The van der Waals surface area contributed by atoms with E-state index in [1.807, 2.05) is 18.2 Å². The maximum Gasteiger partial charge on any atom is 0.338 e. The van der Waals surface area contributed by atoms with Crippen LogP contribution in [0.25, 0.3) is 0 Å². The van der Waals surface area contributed by atoms with Crippen LogP contribution in [0.5, 0.6) is 0 Å². The normalized spacial score (nSPS) is 13.5. The van der Waals surface area contributed by atoms with Crippen LogP contribution >= 0.6 is 38.5 Å². The van der Waals surface area contributed by atoms with E-state index in [-0.39, 0.29) is 18.2 Å². The summed E-state index contributed by atoms with van der Waals surface area (Å²) in [5.41, 5.74) is 2.60. The largest absolute Gasteiger partial charge is 0.460 e. The lowest BCUT2D eigenvalue weighted by molar-refractivity contribution is -0.0351. The van der Waals surface area contributed by atoms with E-state index in [2.05, 4.69) is 80.9 Å². The van der Waals surface area contributed by atoms with Gasteiger partial charge in [-0.05, 0) is 49.6 Å². The van der Waals surface area contributed by atoms with Gasteiger partial charge in [-0.1, -0.05) is 68.9 Å². The number of hydrogen-bond acceptors (Lipinski definition) is 4. The van der Waals surface area contributed by atoms with Crippen molar-refractivity contribution in [3.05, 3.63) is 69.7 Å². The Morgan fingerprint density at radius 3 is 2.58 bits per heavy atom. The first-order chi connectivity index (χ1) is 14.9. The molecule has 2 aromatic carbocycles. The minimum atomic E-state index is -0.362. The van der Waals surface area contributed by atoms with Crippen LogP contribution in [0.15, 0.2) is 58.0 Å². The molecule has 1 unspecified atom stereocenters. The zero-order valence-electron chi connectivity index (χ0n) is 18.3. The van der Waals surface area contributed by atoms with E-state index in [4.69, 9.17) is 9.47 Å². The van der Waals surface area contributed by atoms with E-state index in [0.29, 0.717) is 25.1 Å². The number of ether oxygens (including phenoxy) is 2. The van der Waals surface area contributed by atoms with E-state index >= 15 is 0 Å². The number of carbonyl (C=O) groups is 1. The number of nitrogens with zero attached hydrogens (tertiary/aromatic N) is 1. The number of benzene rings is 2. The van der Waals surface area contributed by atoms with Gasteiger partial charge in [0, 0.05) is 22.4 Å². The SMILES string of the molecule is CN=C(CCOC(C)(CCI)c1cccc(Br)c1C)NCCOC(=O)c1ccccc1. The molecule has 0 saturated heterocycles. The van der Waals surface area contributed by atoms with E-state index in [1.54, 1.807) is 19.2 Å². The molecule has 2 rings (SSSR count).